The van der Waals surface area contributed by atoms with Crippen molar-refractivity contribution >= 4 is 5.69 Å². The maximum Gasteiger partial charge on any atom is 0.0397 e. The van der Waals surface area contributed by atoms with Crippen LogP contribution < -0.4 is 10.2 Å². The van der Waals surface area contributed by atoms with Crippen molar-refractivity contribution in [3.8, 4) is 0 Å². The minimum atomic E-state index is 0.713. The first kappa shape index (κ1) is 13.9. The zero-order valence-corrected chi connectivity index (χ0v) is 13.2. The number of rotatable bonds is 3. The van der Waals surface area contributed by atoms with E-state index in [4.69, 9.17) is 0 Å². The Morgan fingerprint density at radius 3 is 2.65 bits per heavy atom. The average molecular weight is 272 g/mol. The summed E-state index contributed by atoms with van der Waals surface area (Å²) in [7, 11) is 2.19. The average Bonchev–Trinajstić information content (AvgIpc) is 2.77. The Balaban J connectivity index is 1.59. The molecule has 1 N–H and O–H groups in total. The van der Waals surface area contributed by atoms with E-state index >= 15 is 0 Å². The van der Waals surface area contributed by atoms with E-state index in [1.54, 1.807) is 0 Å². The molecule has 2 atom stereocenters. The third-order valence-electron chi connectivity index (χ3n) is 5.05. The van der Waals surface area contributed by atoms with Crippen molar-refractivity contribution in [1.82, 2.24) is 5.32 Å². The molecule has 0 amide bonds. The lowest BCUT2D eigenvalue weighted by Crippen LogP contribution is -2.35. The van der Waals surface area contributed by atoms with Crippen molar-refractivity contribution in [2.45, 2.75) is 52.1 Å². The molecule has 2 aliphatic rings. The van der Waals surface area contributed by atoms with Crippen LogP contribution in [0.2, 0.25) is 0 Å². The van der Waals surface area contributed by atoms with Gasteiger partial charge in [0.1, 0.15) is 0 Å². The number of anilines is 1. The molecule has 1 heterocycles. The van der Waals surface area contributed by atoms with Crippen molar-refractivity contribution in [2.24, 2.45) is 11.8 Å². The van der Waals surface area contributed by atoms with Gasteiger partial charge in [0.25, 0.3) is 0 Å². The van der Waals surface area contributed by atoms with Crippen molar-refractivity contribution in [3.63, 3.8) is 0 Å². The van der Waals surface area contributed by atoms with Crippen LogP contribution >= 0.6 is 0 Å². The molecule has 0 radical (unpaired) electrons. The highest BCUT2D eigenvalue weighted by Gasteiger charge is 2.23. The van der Waals surface area contributed by atoms with Gasteiger partial charge in [-0.15, -0.1) is 0 Å². The van der Waals surface area contributed by atoms with E-state index in [1.807, 2.05) is 0 Å². The van der Waals surface area contributed by atoms with Crippen LogP contribution in [0.15, 0.2) is 18.2 Å². The Labute approximate surface area is 123 Å². The van der Waals surface area contributed by atoms with Crippen LogP contribution in [0.4, 0.5) is 5.69 Å². The fraction of sp³-hybridized carbons (Fsp3) is 0.667. The van der Waals surface area contributed by atoms with Gasteiger partial charge in [-0.1, -0.05) is 26.0 Å². The molecule has 1 aliphatic heterocycles. The summed E-state index contributed by atoms with van der Waals surface area (Å²) in [5.74, 6) is 1.76. The Kier molecular flexibility index (Phi) is 4.02. The van der Waals surface area contributed by atoms with Crippen molar-refractivity contribution < 1.29 is 0 Å². The van der Waals surface area contributed by atoms with Gasteiger partial charge in [0, 0.05) is 31.9 Å². The largest absolute Gasteiger partial charge is 0.374 e. The molecular formula is C18H28N2. The molecular weight excluding hydrogens is 244 g/mol. The Bertz CT molecular complexity index is 458. The summed E-state index contributed by atoms with van der Waals surface area (Å²) in [5.41, 5.74) is 4.40. The monoisotopic (exact) mass is 272 g/mol. The molecule has 1 aromatic rings. The molecule has 20 heavy (non-hydrogen) atoms. The third-order valence-corrected chi connectivity index (χ3v) is 5.05. The van der Waals surface area contributed by atoms with Gasteiger partial charge in [0.05, 0.1) is 0 Å². The summed E-state index contributed by atoms with van der Waals surface area (Å²) in [6, 6.07) is 7.71. The summed E-state index contributed by atoms with van der Waals surface area (Å²) in [4.78, 5) is 2.36. The molecule has 2 unspecified atom stereocenters. The Hall–Kier alpha value is -1.02. The second-order valence-electron chi connectivity index (χ2n) is 7.13. The quantitative estimate of drug-likeness (QED) is 0.904. The highest BCUT2D eigenvalue weighted by atomic mass is 15.1. The SMILES string of the molecule is CC1CC(C)CC(NCc2ccc3c(c2)CCN3C)C1. The van der Waals surface area contributed by atoms with Gasteiger partial charge in [0.2, 0.25) is 0 Å². The fourth-order valence-corrected chi connectivity index (χ4v) is 4.11. The van der Waals surface area contributed by atoms with Gasteiger partial charge in [-0.2, -0.15) is 0 Å². The number of benzene rings is 1. The molecule has 1 saturated carbocycles. The normalized spacial score (nSPS) is 29.6. The first-order valence-electron chi connectivity index (χ1n) is 8.18. The molecule has 110 valence electrons. The minimum Gasteiger partial charge on any atom is -0.374 e. The van der Waals surface area contributed by atoms with Gasteiger partial charge in [-0.3, -0.25) is 0 Å². The lowest BCUT2D eigenvalue weighted by Gasteiger charge is -2.32. The van der Waals surface area contributed by atoms with Crippen molar-refractivity contribution in [2.75, 3.05) is 18.5 Å². The molecule has 1 aromatic carbocycles. The molecule has 1 aliphatic carbocycles. The Morgan fingerprint density at radius 1 is 1.15 bits per heavy atom. The van der Waals surface area contributed by atoms with E-state index in [-0.39, 0.29) is 0 Å². The number of hydrogen-bond acceptors (Lipinski definition) is 2. The summed E-state index contributed by atoms with van der Waals surface area (Å²) in [6.45, 7) is 7.00. The van der Waals surface area contributed by atoms with Gasteiger partial charge < -0.3 is 10.2 Å². The second-order valence-corrected chi connectivity index (χ2v) is 7.13. The first-order valence-corrected chi connectivity index (χ1v) is 8.18. The highest BCUT2D eigenvalue weighted by Crippen LogP contribution is 2.30. The molecule has 2 heteroatoms. The maximum atomic E-state index is 3.79. The third kappa shape index (κ3) is 3.01. The summed E-state index contributed by atoms with van der Waals surface area (Å²) in [6.07, 6.45) is 5.30. The lowest BCUT2D eigenvalue weighted by atomic mass is 9.80. The van der Waals surface area contributed by atoms with Crippen molar-refractivity contribution in [1.29, 1.82) is 0 Å². The van der Waals surface area contributed by atoms with Crippen LogP contribution in [-0.4, -0.2) is 19.6 Å². The number of likely N-dealkylation sites (N-methyl/N-ethyl adjacent to an activating group) is 1. The highest BCUT2D eigenvalue weighted by molar-refractivity contribution is 5.58. The van der Waals surface area contributed by atoms with Gasteiger partial charge in [0.15, 0.2) is 0 Å². The number of nitrogens with zero attached hydrogens (tertiary/aromatic N) is 1. The molecule has 2 nitrogen and oxygen atoms in total. The molecule has 0 spiro atoms. The van der Waals surface area contributed by atoms with Crippen LogP contribution in [0.3, 0.4) is 0 Å². The van der Waals surface area contributed by atoms with Crippen LogP contribution in [0.1, 0.15) is 44.2 Å². The number of nitrogens with one attached hydrogen (secondary N) is 1. The van der Waals surface area contributed by atoms with Gasteiger partial charge >= 0.3 is 0 Å². The molecule has 3 rings (SSSR count). The first-order chi connectivity index (χ1) is 9.61. The minimum absolute atomic E-state index is 0.713. The molecule has 0 aromatic heterocycles. The van der Waals surface area contributed by atoms with Crippen LogP contribution in [0, 0.1) is 11.8 Å². The number of fused-ring (bicyclic) bond motifs is 1. The van der Waals surface area contributed by atoms with Crippen LogP contribution in [0.5, 0.6) is 0 Å². The van der Waals surface area contributed by atoms with Gasteiger partial charge in [-0.05, 0) is 54.7 Å². The van der Waals surface area contributed by atoms with Crippen molar-refractivity contribution in [3.05, 3.63) is 29.3 Å². The van der Waals surface area contributed by atoms with E-state index < -0.39 is 0 Å². The molecule has 0 saturated heterocycles. The smallest absolute Gasteiger partial charge is 0.0397 e. The van der Waals surface area contributed by atoms with E-state index in [9.17, 15) is 0 Å². The van der Waals surface area contributed by atoms with E-state index in [0.717, 1.165) is 18.4 Å². The summed E-state index contributed by atoms with van der Waals surface area (Å²) < 4.78 is 0. The zero-order valence-electron chi connectivity index (χ0n) is 13.2. The summed E-state index contributed by atoms with van der Waals surface area (Å²) >= 11 is 0. The van der Waals surface area contributed by atoms with E-state index in [2.05, 4.69) is 49.3 Å². The molecule has 0 bridgehead atoms. The second kappa shape index (κ2) is 5.77. The fourth-order valence-electron chi connectivity index (χ4n) is 4.11. The van der Waals surface area contributed by atoms with E-state index in [0.29, 0.717) is 6.04 Å². The predicted molar refractivity (Wildman–Crippen MR) is 86.2 cm³/mol. The van der Waals surface area contributed by atoms with Crippen LogP contribution in [-0.2, 0) is 13.0 Å². The van der Waals surface area contributed by atoms with Crippen LogP contribution in [0.25, 0.3) is 0 Å². The number of hydrogen-bond donors (Lipinski definition) is 1. The predicted octanol–water partition coefficient (Wildman–Crippen LogP) is 3.59. The topological polar surface area (TPSA) is 15.3 Å². The molecule has 1 fully saturated rings. The Morgan fingerprint density at radius 2 is 1.90 bits per heavy atom. The summed E-state index contributed by atoms with van der Waals surface area (Å²) in [5, 5.41) is 3.79. The maximum absolute atomic E-state index is 3.79. The lowest BCUT2D eigenvalue weighted by molar-refractivity contribution is 0.238. The standard InChI is InChI=1S/C18H28N2/c1-13-8-14(2)10-17(9-13)19-12-15-4-5-18-16(11-15)6-7-20(18)3/h4-5,11,13-14,17,19H,6-10,12H2,1-3H3. The van der Waals surface area contributed by atoms with Gasteiger partial charge in [-0.25, -0.2) is 0 Å². The zero-order chi connectivity index (χ0) is 14.1. The van der Waals surface area contributed by atoms with E-state index in [1.165, 1.54) is 49.0 Å².